The summed E-state index contributed by atoms with van der Waals surface area (Å²) in [4.78, 5) is 32.3. The van der Waals surface area contributed by atoms with E-state index in [1.54, 1.807) is 6.07 Å². The molecule has 2 aromatic rings. The number of benzene rings is 2. The average Bonchev–Trinajstić information content (AvgIpc) is 2.88. The van der Waals surface area contributed by atoms with Crippen molar-refractivity contribution >= 4 is 17.8 Å². The summed E-state index contributed by atoms with van der Waals surface area (Å²) >= 11 is 0. The highest BCUT2D eigenvalue weighted by molar-refractivity contribution is 5.97. The third-order valence-corrected chi connectivity index (χ3v) is 6.45. The van der Waals surface area contributed by atoms with Crippen LogP contribution in [0.3, 0.4) is 0 Å². The molecule has 0 aromatic heterocycles. The minimum absolute atomic E-state index is 0.0782. The molecule has 1 aliphatic heterocycles. The quantitative estimate of drug-likeness (QED) is 0.345. The Morgan fingerprint density at radius 3 is 2.56 bits per heavy atom. The Hall–Kier alpha value is -3.46. The lowest BCUT2D eigenvalue weighted by atomic mass is 9.93. The molecule has 0 aliphatic carbocycles. The zero-order chi connectivity index (χ0) is 25.9. The number of methoxy groups -OCH3 is 1. The standard InChI is InChI=1S/C27H36FN5O3/c1-3-33-13-11-20(12-14-33)17-25(34)32-27(29)31-23(15-19-7-5-4-6-8-19)26(35)30-18-21-9-10-22(28)24(16-21)36-2/h4-10,16,20,23H,3,11-15,17-18H2,1-2H3,(H,30,35)(H3,29,31,32,34). The van der Waals surface area contributed by atoms with Crippen molar-refractivity contribution in [3.8, 4) is 5.75 Å². The number of piperidine rings is 1. The van der Waals surface area contributed by atoms with Crippen molar-refractivity contribution in [3.63, 3.8) is 0 Å². The van der Waals surface area contributed by atoms with Crippen LogP contribution in [0.1, 0.15) is 37.3 Å². The van der Waals surface area contributed by atoms with Crippen molar-refractivity contribution in [1.29, 1.82) is 0 Å². The summed E-state index contributed by atoms with van der Waals surface area (Å²) in [6.45, 7) is 5.33. The van der Waals surface area contributed by atoms with Crippen LogP contribution in [0.4, 0.5) is 4.39 Å². The van der Waals surface area contributed by atoms with E-state index in [4.69, 9.17) is 10.5 Å². The van der Waals surface area contributed by atoms with Crippen molar-refractivity contribution in [2.75, 3.05) is 26.7 Å². The second-order valence-corrected chi connectivity index (χ2v) is 9.04. The fourth-order valence-electron chi connectivity index (χ4n) is 4.32. The first-order chi connectivity index (χ1) is 17.4. The average molecular weight is 498 g/mol. The van der Waals surface area contributed by atoms with Crippen molar-refractivity contribution in [1.82, 2.24) is 15.5 Å². The summed E-state index contributed by atoms with van der Waals surface area (Å²) in [6, 6.07) is 13.0. The minimum atomic E-state index is -0.845. The molecule has 0 radical (unpaired) electrons. The van der Waals surface area contributed by atoms with Crippen LogP contribution in [0, 0.1) is 11.7 Å². The number of carbonyl (C=O) groups excluding carboxylic acids is 2. The van der Waals surface area contributed by atoms with Gasteiger partial charge in [0.05, 0.1) is 7.11 Å². The lowest BCUT2D eigenvalue weighted by molar-refractivity contribution is -0.123. The number of ether oxygens (including phenoxy) is 1. The van der Waals surface area contributed by atoms with Gasteiger partial charge in [0.2, 0.25) is 11.8 Å². The first-order valence-corrected chi connectivity index (χ1v) is 12.4. The zero-order valence-electron chi connectivity index (χ0n) is 21.0. The number of hydrogen-bond acceptors (Lipinski definition) is 5. The van der Waals surface area contributed by atoms with Gasteiger partial charge >= 0.3 is 0 Å². The molecule has 8 nitrogen and oxygen atoms in total. The molecule has 1 aliphatic rings. The Bertz CT molecular complexity index is 1040. The van der Waals surface area contributed by atoms with E-state index in [2.05, 4.69) is 27.4 Å². The highest BCUT2D eigenvalue weighted by Gasteiger charge is 2.22. The largest absolute Gasteiger partial charge is 0.494 e. The van der Waals surface area contributed by atoms with Gasteiger partial charge in [-0.2, -0.15) is 0 Å². The Kier molecular flexibility index (Phi) is 10.2. The minimum Gasteiger partial charge on any atom is -0.494 e. The molecular weight excluding hydrogens is 461 g/mol. The van der Waals surface area contributed by atoms with Crippen molar-refractivity contribution < 1.29 is 18.7 Å². The number of likely N-dealkylation sites (tertiary alicyclic amines) is 1. The predicted molar refractivity (Wildman–Crippen MR) is 138 cm³/mol. The Balaban J connectivity index is 1.62. The van der Waals surface area contributed by atoms with Gasteiger partial charge in [-0.05, 0) is 61.7 Å². The maximum atomic E-state index is 13.7. The maximum Gasteiger partial charge on any atom is 0.245 e. The molecule has 3 rings (SSSR count). The first kappa shape index (κ1) is 27.1. The van der Waals surface area contributed by atoms with Crippen LogP contribution in [0.5, 0.6) is 5.75 Å². The van der Waals surface area contributed by atoms with E-state index >= 15 is 0 Å². The Morgan fingerprint density at radius 2 is 1.89 bits per heavy atom. The van der Waals surface area contributed by atoms with E-state index < -0.39 is 11.9 Å². The van der Waals surface area contributed by atoms with E-state index in [0.717, 1.165) is 38.0 Å². The molecular formula is C27H36FN5O3. The molecule has 2 amide bonds. The van der Waals surface area contributed by atoms with E-state index in [1.165, 1.54) is 19.2 Å². The number of halogens is 1. The molecule has 2 aromatic carbocycles. The third kappa shape index (κ3) is 8.34. The molecule has 194 valence electrons. The van der Waals surface area contributed by atoms with Gasteiger partial charge in [-0.15, -0.1) is 0 Å². The molecule has 0 spiro atoms. The van der Waals surface area contributed by atoms with E-state index in [0.29, 0.717) is 24.3 Å². The number of nitrogens with one attached hydrogen (secondary N) is 2. The molecule has 1 unspecified atom stereocenters. The van der Waals surface area contributed by atoms with Gasteiger partial charge in [0.25, 0.3) is 0 Å². The monoisotopic (exact) mass is 497 g/mol. The summed E-state index contributed by atoms with van der Waals surface area (Å²) in [7, 11) is 1.39. The van der Waals surface area contributed by atoms with E-state index in [1.807, 2.05) is 30.3 Å². The molecule has 1 atom stereocenters. The van der Waals surface area contributed by atoms with Crippen LogP contribution in [-0.2, 0) is 22.6 Å². The number of guanidine groups is 1. The Labute approximate surface area is 212 Å². The maximum absolute atomic E-state index is 13.7. The fourth-order valence-corrected chi connectivity index (χ4v) is 4.32. The van der Waals surface area contributed by atoms with Gasteiger partial charge in [0.15, 0.2) is 17.5 Å². The van der Waals surface area contributed by atoms with Crippen LogP contribution in [0.25, 0.3) is 0 Å². The Morgan fingerprint density at radius 1 is 1.17 bits per heavy atom. The van der Waals surface area contributed by atoms with Crippen molar-refractivity contribution in [3.05, 3.63) is 65.5 Å². The number of rotatable bonds is 10. The number of aliphatic imine (C=N–C) groups is 1. The summed E-state index contributed by atoms with van der Waals surface area (Å²) < 4.78 is 18.7. The van der Waals surface area contributed by atoms with Gasteiger partial charge in [0, 0.05) is 19.4 Å². The number of carbonyl (C=O) groups is 2. The van der Waals surface area contributed by atoms with Crippen LogP contribution < -0.4 is 21.1 Å². The summed E-state index contributed by atoms with van der Waals surface area (Å²) in [6.07, 6.45) is 2.65. The molecule has 4 N–H and O–H groups in total. The van der Waals surface area contributed by atoms with Gasteiger partial charge in [-0.25, -0.2) is 9.38 Å². The van der Waals surface area contributed by atoms with Crippen molar-refractivity contribution in [2.24, 2.45) is 16.6 Å². The number of nitrogens with two attached hydrogens (primary N) is 1. The SMILES string of the molecule is CCN1CCC(CC(=O)NC(N)=NC(Cc2ccccc2)C(=O)NCc2ccc(F)c(OC)c2)CC1. The number of nitrogens with zero attached hydrogens (tertiary/aromatic N) is 2. The first-order valence-electron chi connectivity index (χ1n) is 12.4. The molecule has 36 heavy (non-hydrogen) atoms. The topological polar surface area (TPSA) is 109 Å². The van der Waals surface area contributed by atoms with Gasteiger partial charge in [0.1, 0.15) is 6.04 Å². The van der Waals surface area contributed by atoms with Gasteiger partial charge in [-0.3, -0.25) is 14.9 Å². The summed E-state index contributed by atoms with van der Waals surface area (Å²) in [5.74, 6) is -0.677. The second kappa shape index (κ2) is 13.6. The van der Waals surface area contributed by atoms with E-state index in [-0.39, 0.29) is 30.1 Å². The van der Waals surface area contributed by atoms with Crippen LogP contribution in [-0.4, -0.2) is 55.5 Å². The van der Waals surface area contributed by atoms with E-state index in [9.17, 15) is 14.0 Å². The molecule has 9 heteroatoms. The summed E-state index contributed by atoms with van der Waals surface area (Å²) in [5, 5.41) is 5.48. The number of hydrogen-bond donors (Lipinski definition) is 3. The second-order valence-electron chi connectivity index (χ2n) is 9.04. The molecule has 1 saturated heterocycles. The highest BCUT2D eigenvalue weighted by Crippen LogP contribution is 2.20. The number of amides is 2. The van der Waals surface area contributed by atoms with Crippen molar-refractivity contribution in [2.45, 2.75) is 45.2 Å². The lowest BCUT2D eigenvalue weighted by Gasteiger charge is -2.30. The molecule has 0 bridgehead atoms. The van der Waals surface area contributed by atoms with Crippen LogP contribution >= 0.6 is 0 Å². The molecule has 1 heterocycles. The molecule has 1 fully saturated rings. The lowest BCUT2D eigenvalue weighted by Crippen LogP contribution is -2.42. The van der Waals surface area contributed by atoms with Gasteiger partial charge < -0.3 is 20.7 Å². The normalized spacial score (nSPS) is 15.8. The third-order valence-electron chi connectivity index (χ3n) is 6.45. The summed E-state index contributed by atoms with van der Waals surface area (Å²) in [5.41, 5.74) is 7.64. The smallest absolute Gasteiger partial charge is 0.245 e. The zero-order valence-corrected chi connectivity index (χ0v) is 21.0. The fraction of sp³-hybridized carbons (Fsp3) is 0.444. The van der Waals surface area contributed by atoms with Crippen LogP contribution in [0.15, 0.2) is 53.5 Å². The van der Waals surface area contributed by atoms with Gasteiger partial charge in [-0.1, -0.05) is 43.3 Å². The predicted octanol–water partition coefficient (Wildman–Crippen LogP) is 2.61. The van der Waals surface area contributed by atoms with Crippen LogP contribution in [0.2, 0.25) is 0 Å². The highest BCUT2D eigenvalue weighted by atomic mass is 19.1. The molecule has 0 saturated carbocycles.